The van der Waals surface area contributed by atoms with Gasteiger partial charge in [-0.1, -0.05) is 0 Å². The number of hydrogen-bond acceptors (Lipinski definition) is 4. The van der Waals surface area contributed by atoms with Crippen LogP contribution in [0.4, 0.5) is 0 Å². The highest BCUT2D eigenvalue weighted by Gasteiger charge is 2.14. The zero-order valence-electron chi connectivity index (χ0n) is 10.6. The van der Waals surface area contributed by atoms with Crippen LogP contribution in [0.1, 0.15) is 23.2 Å². The van der Waals surface area contributed by atoms with Crippen LogP contribution in [0, 0.1) is 5.92 Å². The van der Waals surface area contributed by atoms with Gasteiger partial charge >= 0.3 is 5.97 Å². The van der Waals surface area contributed by atoms with E-state index in [1.54, 1.807) is 24.3 Å². The SMILES string of the molecule is COC(=O)c1ccc(OCC2CCOCC2)cc1. The van der Waals surface area contributed by atoms with Crippen LogP contribution in [0.15, 0.2) is 24.3 Å². The molecule has 0 bridgehead atoms. The van der Waals surface area contributed by atoms with E-state index < -0.39 is 0 Å². The van der Waals surface area contributed by atoms with Crippen molar-refractivity contribution in [2.75, 3.05) is 26.9 Å². The molecule has 4 nitrogen and oxygen atoms in total. The van der Waals surface area contributed by atoms with Gasteiger partial charge in [-0.3, -0.25) is 0 Å². The van der Waals surface area contributed by atoms with Crippen molar-refractivity contribution >= 4 is 5.97 Å². The molecule has 0 spiro atoms. The molecule has 4 heteroatoms. The molecular formula is C14H18O4. The fourth-order valence-corrected chi connectivity index (χ4v) is 1.93. The summed E-state index contributed by atoms with van der Waals surface area (Å²) in [6, 6.07) is 7.02. The van der Waals surface area contributed by atoms with E-state index in [0.717, 1.165) is 31.8 Å². The lowest BCUT2D eigenvalue weighted by atomic mass is 10.0. The van der Waals surface area contributed by atoms with Gasteiger partial charge in [0.25, 0.3) is 0 Å². The van der Waals surface area contributed by atoms with E-state index in [1.807, 2.05) is 0 Å². The molecule has 1 heterocycles. The normalized spacial score (nSPS) is 16.3. The number of hydrogen-bond donors (Lipinski definition) is 0. The van der Waals surface area contributed by atoms with Crippen molar-refractivity contribution in [3.05, 3.63) is 29.8 Å². The average Bonchev–Trinajstić information content (AvgIpc) is 2.46. The smallest absolute Gasteiger partial charge is 0.337 e. The highest BCUT2D eigenvalue weighted by Crippen LogP contribution is 2.18. The summed E-state index contributed by atoms with van der Waals surface area (Å²) in [5, 5.41) is 0. The fraction of sp³-hybridized carbons (Fsp3) is 0.500. The Morgan fingerprint density at radius 1 is 1.28 bits per heavy atom. The van der Waals surface area contributed by atoms with E-state index in [4.69, 9.17) is 9.47 Å². The predicted octanol–water partition coefficient (Wildman–Crippen LogP) is 2.28. The Hall–Kier alpha value is -1.55. The quantitative estimate of drug-likeness (QED) is 0.769. The maximum absolute atomic E-state index is 11.3. The summed E-state index contributed by atoms with van der Waals surface area (Å²) in [6.07, 6.45) is 2.11. The molecule has 0 aromatic heterocycles. The number of ether oxygens (including phenoxy) is 3. The number of esters is 1. The van der Waals surface area contributed by atoms with E-state index in [9.17, 15) is 4.79 Å². The van der Waals surface area contributed by atoms with Crippen LogP contribution in [0.2, 0.25) is 0 Å². The van der Waals surface area contributed by atoms with E-state index in [2.05, 4.69) is 4.74 Å². The summed E-state index contributed by atoms with van der Waals surface area (Å²) in [6.45, 7) is 2.37. The molecule has 1 aromatic rings. The summed E-state index contributed by atoms with van der Waals surface area (Å²) in [5.41, 5.74) is 0.538. The van der Waals surface area contributed by atoms with Crippen LogP contribution in [0.5, 0.6) is 5.75 Å². The third-order valence-corrected chi connectivity index (χ3v) is 3.10. The Bertz CT molecular complexity index is 379. The summed E-state index contributed by atoms with van der Waals surface area (Å²) in [7, 11) is 1.37. The summed E-state index contributed by atoms with van der Waals surface area (Å²) in [5.74, 6) is 1.03. The lowest BCUT2D eigenvalue weighted by molar-refractivity contribution is 0.0497. The third kappa shape index (κ3) is 3.47. The second-order valence-electron chi connectivity index (χ2n) is 4.38. The first-order valence-electron chi connectivity index (χ1n) is 6.18. The van der Waals surface area contributed by atoms with Gasteiger partial charge in [0.1, 0.15) is 5.75 Å². The third-order valence-electron chi connectivity index (χ3n) is 3.10. The van der Waals surface area contributed by atoms with Crippen molar-refractivity contribution in [1.82, 2.24) is 0 Å². The molecule has 18 heavy (non-hydrogen) atoms. The molecule has 0 saturated carbocycles. The minimum Gasteiger partial charge on any atom is -0.493 e. The molecule has 1 aromatic carbocycles. The molecule has 0 N–H and O–H groups in total. The first kappa shape index (κ1) is 12.9. The van der Waals surface area contributed by atoms with Gasteiger partial charge in [-0.2, -0.15) is 0 Å². The first-order valence-corrected chi connectivity index (χ1v) is 6.18. The van der Waals surface area contributed by atoms with Crippen LogP contribution in [-0.4, -0.2) is 32.9 Å². The largest absolute Gasteiger partial charge is 0.493 e. The lowest BCUT2D eigenvalue weighted by Gasteiger charge is -2.22. The van der Waals surface area contributed by atoms with Crippen molar-refractivity contribution in [2.45, 2.75) is 12.8 Å². The van der Waals surface area contributed by atoms with Crippen LogP contribution in [0.3, 0.4) is 0 Å². The summed E-state index contributed by atoms with van der Waals surface area (Å²) >= 11 is 0. The molecule has 0 atom stereocenters. The van der Waals surface area contributed by atoms with Crippen LogP contribution < -0.4 is 4.74 Å². The number of carbonyl (C=O) groups is 1. The van der Waals surface area contributed by atoms with Gasteiger partial charge in [0.2, 0.25) is 0 Å². The van der Waals surface area contributed by atoms with Gasteiger partial charge in [0.15, 0.2) is 0 Å². The van der Waals surface area contributed by atoms with Crippen molar-refractivity contribution in [2.24, 2.45) is 5.92 Å². The maximum atomic E-state index is 11.3. The monoisotopic (exact) mass is 250 g/mol. The summed E-state index contributed by atoms with van der Waals surface area (Å²) < 4.78 is 15.6. The topological polar surface area (TPSA) is 44.8 Å². The van der Waals surface area contributed by atoms with Gasteiger partial charge in [-0.05, 0) is 43.0 Å². The van der Waals surface area contributed by atoms with Crippen molar-refractivity contribution < 1.29 is 19.0 Å². The Balaban J connectivity index is 1.84. The molecule has 1 aliphatic rings. The molecule has 1 fully saturated rings. The summed E-state index contributed by atoms with van der Waals surface area (Å²) in [4.78, 5) is 11.3. The van der Waals surface area contributed by atoms with E-state index in [1.165, 1.54) is 7.11 Å². The lowest BCUT2D eigenvalue weighted by Crippen LogP contribution is -2.21. The average molecular weight is 250 g/mol. The standard InChI is InChI=1S/C14H18O4/c1-16-14(15)12-2-4-13(5-3-12)18-10-11-6-8-17-9-7-11/h2-5,11H,6-10H2,1H3. The number of benzene rings is 1. The van der Waals surface area contributed by atoms with Gasteiger partial charge in [0.05, 0.1) is 19.3 Å². The number of carbonyl (C=O) groups excluding carboxylic acids is 1. The second-order valence-corrected chi connectivity index (χ2v) is 4.38. The number of rotatable bonds is 4. The molecular weight excluding hydrogens is 232 g/mol. The zero-order valence-corrected chi connectivity index (χ0v) is 10.6. The zero-order chi connectivity index (χ0) is 12.8. The molecule has 0 radical (unpaired) electrons. The van der Waals surface area contributed by atoms with Gasteiger partial charge < -0.3 is 14.2 Å². The van der Waals surface area contributed by atoms with Crippen LogP contribution in [-0.2, 0) is 9.47 Å². The first-order chi connectivity index (χ1) is 8.79. The maximum Gasteiger partial charge on any atom is 0.337 e. The molecule has 1 saturated heterocycles. The van der Waals surface area contributed by atoms with E-state index >= 15 is 0 Å². The molecule has 2 rings (SSSR count). The van der Waals surface area contributed by atoms with Crippen molar-refractivity contribution in [3.63, 3.8) is 0 Å². The Kier molecular flexibility index (Phi) is 4.59. The molecule has 0 aliphatic carbocycles. The molecule has 1 aliphatic heterocycles. The number of methoxy groups -OCH3 is 1. The highest BCUT2D eigenvalue weighted by atomic mass is 16.5. The van der Waals surface area contributed by atoms with E-state index in [-0.39, 0.29) is 5.97 Å². The van der Waals surface area contributed by atoms with Crippen molar-refractivity contribution in [3.8, 4) is 5.75 Å². The van der Waals surface area contributed by atoms with E-state index in [0.29, 0.717) is 18.1 Å². The fourth-order valence-electron chi connectivity index (χ4n) is 1.93. The second kappa shape index (κ2) is 6.40. The highest BCUT2D eigenvalue weighted by molar-refractivity contribution is 5.89. The molecule has 0 amide bonds. The van der Waals surface area contributed by atoms with Gasteiger partial charge in [0, 0.05) is 13.2 Å². The Morgan fingerprint density at radius 2 is 1.94 bits per heavy atom. The minimum atomic E-state index is -0.328. The van der Waals surface area contributed by atoms with Crippen molar-refractivity contribution in [1.29, 1.82) is 0 Å². The Morgan fingerprint density at radius 3 is 2.56 bits per heavy atom. The molecule has 98 valence electrons. The van der Waals surface area contributed by atoms with Crippen LogP contribution in [0.25, 0.3) is 0 Å². The minimum absolute atomic E-state index is 0.328. The molecule has 0 unspecified atom stereocenters. The predicted molar refractivity (Wildman–Crippen MR) is 66.8 cm³/mol. The van der Waals surface area contributed by atoms with Gasteiger partial charge in [-0.25, -0.2) is 4.79 Å². The Labute approximate surface area is 107 Å². The van der Waals surface area contributed by atoms with Gasteiger partial charge in [-0.15, -0.1) is 0 Å². The van der Waals surface area contributed by atoms with Crippen LogP contribution >= 0.6 is 0 Å².